The Morgan fingerprint density at radius 2 is 1.89 bits per heavy atom. The van der Waals surface area contributed by atoms with Crippen molar-refractivity contribution >= 4 is 44.9 Å². The number of unbranched alkanes of at least 4 members (excludes halogenated alkanes) is 2. The third-order valence-corrected chi connectivity index (χ3v) is 5.06. The number of esters is 1. The molecule has 0 saturated carbocycles. The second-order valence-corrected chi connectivity index (χ2v) is 7.56. The summed E-state index contributed by atoms with van der Waals surface area (Å²) in [5, 5.41) is 2.91. The van der Waals surface area contributed by atoms with Gasteiger partial charge in [-0.2, -0.15) is 0 Å². The summed E-state index contributed by atoms with van der Waals surface area (Å²) in [6.45, 7) is 4.58. The highest BCUT2D eigenvalue weighted by molar-refractivity contribution is 9.10. The molecule has 3 rings (SSSR count). The molecule has 1 heterocycles. The average molecular weight is 443 g/mol. The van der Waals surface area contributed by atoms with Crippen molar-refractivity contribution in [2.75, 3.05) is 11.9 Å². The van der Waals surface area contributed by atoms with Gasteiger partial charge in [0, 0.05) is 10.0 Å². The lowest BCUT2D eigenvalue weighted by molar-refractivity contribution is -0.110. The molecule has 0 atom stereocenters. The first-order valence-electron chi connectivity index (χ1n) is 9.53. The van der Waals surface area contributed by atoms with Gasteiger partial charge in [-0.3, -0.25) is 4.79 Å². The van der Waals surface area contributed by atoms with E-state index in [-0.39, 0.29) is 11.9 Å². The Morgan fingerprint density at radius 1 is 1.14 bits per heavy atom. The van der Waals surface area contributed by atoms with Crippen LogP contribution in [0.2, 0.25) is 0 Å². The number of hydrogen-bond donors (Lipinski definition) is 1. The molecule has 0 spiro atoms. The second kappa shape index (κ2) is 9.15. The third kappa shape index (κ3) is 4.50. The summed E-state index contributed by atoms with van der Waals surface area (Å²) in [7, 11) is 0. The molecule has 0 bridgehead atoms. The van der Waals surface area contributed by atoms with Crippen LogP contribution in [-0.2, 0) is 16.0 Å². The number of benzene rings is 2. The van der Waals surface area contributed by atoms with E-state index in [0.29, 0.717) is 23.6 Å². The van der Waals surface area contributed by atoms with Crippen LogP contribution in [-0.4, -0.2) is 24.2 Å². The minimum atomic E-state index is -0.337. The number of anilines is 1. The van der Waals surface area contributed by atoms with Gasteiger partial charge in [0.1, 0.15) is 5.71 Å². The molecule has 0 unspecified atom stereocenters. The third-order valence-electron chi connectivity index (χ3n) is 4.60. The fraction of sp³-hybridized carbons (Fsp3) is 0.318. The van der Waals surface area contributed by atoms with E-state index < -0.39 is 0 Å². The van der Waals surface area contributed by atoms with Crippen molar-refractivity contribution in [1.29, 1.82) is 0 Å². The molecule has 1 N–H and O–H groups in total. The summed E-state index contributed by atoms with van der Waals surface area (Å²) >= 11 is 3.50. The number of amides is 1. The van der Waals surface area contributed by atoms with Gasteiger partial charge in [-0.1, -0.05) is 42.6 Å². The summed E-state index contributed by atoms with van der Waals surface area (Å²) in [6.07, 6.45) is 3.81. The Balaban J connectivity index is 1.79. The van der Waals surface area contributed by atoms with Gasteiger partial charge in [0.05, 0.1) is 23.5 Å². The lowest BCUT2D eigenvalue weighted by Gasteiger charge is -2.06. The first-order chi connectivity index (χ1) is 13.5. The molecule has 1 aliphatic rings. The number of aliphatic imine (C=N–C) groups is 1. The van der Waals surface area contributed by atoms with Crippen LogP contribution >= 0.6 is 15.9 Å². The van der Waals surface area contributed by atoms with Gasteiger partial charge in [-0.05, 0) is 54.8 Å². The lowest BCUT2D eigenvalue weighted by Crippen LogP contribution is -2.14. The van der Waals surface area contributed by atoms with Crippen LogP contribution < -0.4 is 5.32 Å². The van der Waals surface area contributed by atoms with Crippen LogP contribution in [0, 0.1) is 0 Å². The number of hydrogen-bond acceptors (Lipinski definition) is 4. The molecule has 5 nitrogen and oxygen atoms in total. The number of fused-ring (bicyclic) bond motifs is 1. The van der Waals surface area contributed by atoms with E-state index >= 15 is 0 Å². The number of aryl methyl sites for hydroxylation is 1. The molecule has 2 aromatic carbocycles. The number of rotatable bonds is 7. The molecule has 1 aliphatic heterocycles. The summed E-state index contributed by atoms with van der Waals surface area (Å²) in [5.41, 5.74) is 4.13. The van der Waals surface area contributed by atoms with Crippen LogP contribution in [0.3, 0.4) is 0 Å². The molecular formula is C22H23BrN2O3. The predicted octanol–water partition coefficient (Wildman–Crippen LogP) is 5.43. The highest BCUT2D eigenvalue weighted by Crippen LogP contribution is 2.33. The quantitative estimate of drug-likeness (QED) is 0.458. The van der Waals surface area contributed by atoms with E-state index in [4.69, 9.17) is 4.74 Å². The normalized spacial score (nSPS) is 14.1. The van der Waals surface area contributed by atoms with Gasteiger partial charge in [0.25, 0.3) is 5.91 Å². The van der Waals surface area contributed by atoms with Crippen LogP contribution in [0.4, 0.5) is 11.4 Å². The highest BCUT2D eigenvalue weighted by Gasteiger charge is 2.28. The van der Waals surface area contributed by atoms with Gasteiger partial charge in [0.15, 0.2) is 0 Å². The average Bonchev–Trinajstić information content (AvgIpc) is 3.00. The number of nitrogens with one attached hydrogen (secondary N) is 1. The maximum absolute atomic E-state index is 12.4. The standard InChI is InChI=1S/C22H23BrN2O3/c1-3-5-6-11-28-22(27)15-7-9-17(10-8-15)24-20-18-13-16(23)12-14(4-2)19(18)25-21(20)26/h7-10,12-13H,3-6,11H2,1-2H3,(H,24,25,26). The fourth-order valence-electron chi connectivity index (χ4n) is 3.08. The number of halogens is 1. The lowest BCUT2D eigenvalue weighted by atomic mass is 10.0. The summed E-state index contributed by atoms with van der Waals surface area (Å²) < 4.78 is 6.17. The van der Waals surface area contributed by atoms with Gasteiger partial charge >= 0.3 is 5.97 Å². The minimum absolute atomic E-state index is 0.220. The zero-order chi connectivity index (χ0) is 20.1. The van der Waals surface area contributed by atoms with Crippen molar-refractivity contribution in [2.45, 2.75) is 39.5 Å². The number of carbonyl (C=O) groups excluding carboxylic acids is 2. The molecule has 0 aromatic heterocycles. The topological polar surface area (TPSA) is 67.8 Å². The molecule has 0 fully saturated rings. The Morgan fingerprint density at radius 3 is 2.57 bits per heavy atom. The van der Waals surface area contributed by atoms with Crippen molar-refractivity contribution in [1.82, 2.24) is 0 Å². The van der Waals surface area contributed by atoms with Gasteiger partial charge < -0.3 is 10.1 Å². The molecule has 146 valence electrons. The van der Waals surface area contributed by atoms with Crippen molar-refractivity contribution in [2.24, 2.45) is 4.99 Å². The van der Waals surface area contributed by atoms with E-state index in [0.717, 1.165) is 47.0 Å². The van der Waals surface area contributed by atoms with Crippen molar-refractivity contribution in [3.8, 4) is 0 Å². The monoisotopic (exact) mass is 442 g/mol. The molecule has 1 amide bonds. The predicted molar refractivity (Wildman–Crippen MR) is 115 cm³/mol. The summed E-state index contributed by atoms with van der Waals surface area (Å²) in [5.74, 6) is -0.557. The van der Waals surface area contributed by atoms with E-state index in [2.05, 4.69) is 33.2 Å². The van der Waals surface area contributed by atoms with Gasteiger partial charge in [0.2, 0.25) is 0 Å². The summed E-state index contributed by atoms with van der Waals surface area (Å²) in [6, 6.07) is 10.7. The first-order valence-corrected chi connectivity index (χ1v) is 10.3. The molecule has 0 aliphatic carbocycles. The number of carbonyl (C=O) groups is 2. The maximum atomic E-state index is 12.4. The molecule has 2 aromatic rings. The number of ether oxygens (including phenoxy) is 1. The van der Waals surface area contributed by atoms with Crippen molar-refractivity contribution in [3.05, 3.63) is 57.6 Å². The van der Waals surface area contributed by atoms with E-state index in [1.54, 1.807) is 24.3 Å². The Kier molecular flexibility index (Phi) is 6.62. The van der Waals surface area contributed by atoms with E-state index in [9.17, 15) is 9.59 Å². The maximum Gasteiger partial charge on any atom is 0.338 e. The number of nitrogens with zero attached hydrogens (tertiary/aromatic N) is 1. The van der Waals surface area contributed by atoms with Crippen molar-refractivity contribution < 1.29 is 14.3 Å². The van der Waals surface area contributed by atoms with Crippen molar-refractivity contribution in [3.63, 3.8) is 0 Å². The Bertz CT molecular complexity index is 920. The second-order valence-electron chi connectivity index (χ2n) is 6.65. The molecule has 0 radical (unpaired) electrons. The Labute approximate surface area is 173 Å². The summed E-state index contributed by atoms with van der Waals surface area (Å²) in [4.78, 5) is 29.0. The van der Waals surface area contributed by atoms with Crippen LogP contribution in [0.15, 0.2) is 45.9 Å². The first kappa shape index (κ1) is 20.3. The molecule has 0 saturated heterocycles. The van der Waals surface area contributed by atoms with Crippen LogP contribution in [0.25, 0.3) is 0 Å². The molecular weight excluding hydrogens is 420 g/mol. The van der Waals surface area contributed by atoms with Gasteiger partial charge in [-0.15, -0.1) is 0 Å². The SMILES string of the molecule is CCCCCOC(=O)c1ccc(N=C2C(=O)Nc3c(CC)cc(Br)cc32)cc1. The molecule has 28 heavy (non-hydrogen) atoms. The molecule has 6 heteroatoms. The fourth-order valence-corrected chi connectivity index (χ4v) is 3.59. The van der Waals surface area contributed by atoms with Gasteiger partial charge in [-0.25, -0.2) is 9.79 Å². The zero-order valence-corrected chi connectivity index (χ0v) is 17.6. The largest absolute Gasteiger partial charge is 0.462 e. The highest BCUT2D eigenvalue weighted by atomic mass is 79.9. The minimum Gasteiger partial charge on any atom is -0.462 e. The Hall–Kier alpha value is -2.47. The van der Waals surface area contributed by atoms with Crippen LogP contribution in [0.1, 0.15) is 54.6 Å². The van der Waals surface area contributed by atoms with Crippen LogP contribution in [0.5, 0.6) is 0 Å². The van der Waals surface area contributed by atoms with E-state index in [1.165, 1.54) is 0 Å². The van der Waals surface area contributed by atoms with E-state index in [1.807, 2.05) is 19.1 Å². The smallest absolute Gasteiger partial charge is 0.338 e. The zero-order valence-electron chi connectivity index (χ0n) is 16.0.